The highest BCUT2D eigenvalue weighted by atomic mass is 16.5. The molecule has 0 amide bonds. The zero-order valence-corrected chi connectivity index (χ0v) is 16.9. The number of nitrogens with zero attached hydrogens (tertiary/aromatic N) is 2. The highest BCUT2D eigenvalue weighted by Crippen LogP contribution is 2.32. The lowest BCUT2D eigenvalue weighted by Gasteiger charge is -2.12. The fourth-order valence-electron chi connectivity index (χ4n) is 3.26. The summed E-state index contributed by atoms with van der Waals surface area (Å²) in [7, 11) is 1.37. The number of carbonyl (C=O) groups is 2. The number of para-hydroxylation sites is 1. The van der Waals surface area contributed by atoms with Crippen LogP contribution in [0.4, 0.5) is 0 Å². The Kier molecular flexibility index (Phi) is 5.98. The maximum atomic E-state index is 12.8. The summed E-state index contributed by atoms with van der Waals surface area (Å²) in [5, 5.41) is 0.950. The Morgan fingerprint density at radius 3 is 2.55 bits per heavy atom. The van der Waals surface area contributed by atoms with Gasteiger partial charge in [-0.2, -0.15) is 0 Å². The van der Waals surface area contributed by atoms with E-state index in [-0.39, 0.29) is 18.1 Å². The van der Waals surface area contributed by atoms with Crippen molar-refractivity contribution in [3.8, 4) is 16.9 Å². The van der Waals surface area contributed by atoms with Crippen LogP contribution in [-0.2, 0) is 16.0 Å². The highest BCUT2D eigenvalue weighted by molar-refractivity contribution is 5.93. The molecule has 2 aromatic heterocycles. The smallest absolute Gasteiger partial charge is 0.362 e. The van der Waals surface area contributed by atoms with Crippen molar-refractivity contribution in [2.45, 2.75) is 12.8 Å². The van der Waals surface area contributed by atoms with Crippen LogP contribution < -0.4 is 4.74 Å². The normalized spacial score (nSPS) is 10.6. The molecule has 4 rings (SSSR count). The van der Waals surface area contributed by atoms with E-state index in [4.69, 9.17) is 9.47 Å². The quantitative estimate of drug-likeness (QED) is 0.340. The van der Waals surface area contributed by atoms with Crippen LogP contribution in [0.1, 0.15) is 22.5 Å². The first-order valence-corrected chi connectivity index (χ1v) is 9.82. The summed E-state index contributed by atoms with van der Waals surface area (Å²) in [6.07, 6.45) is 4.14. The topological polar surface area (TPSA) is 78.4 Å². The molecule has 0 bridgehead atoms. The van der Waals surface area contributed by atoms with Crippen molar-refractivity contribution in [3.05, 3.63) is 90.4 Å². The van der Waals surface area contributed by atoms with Crippen LogP contribution >= 0.6 is 0 Å². The van der Waals surface area contributed by atoms with E-state index in [9.17, 15) is 9.59 Å². The molecule has 154 valence electrons. The van der Waals surface area contributed by atoms with Crippen molar-refractivity contribution in [1.82, 2.24) is 9.97 Å². The van der Waals surface area contributed by atoms with E-state index in [2.05, 4.69) is 9.97 Å². The predicted octanol–water partition coefficient (Wildman–Crippen LogP) is 4.62. The lowest BCUT2D eigenvalue weighted by Crippen LogP contribution is -2.11. The van der Waals surface area contributed by atoms with Gasteiger partial charge in [0, 0.05) is 29.8 Å². The zero-order valence-electron chi connectivity index (χ0n) is 16.9. The molecule has 0 fully saturated rings. The van der Waals surface area contributed by atoms with Gasteiger partial charge in [-0.15, -0.1) is 0 Å². The van der Waals surface area contributed by atoms with E-state index in [0.29, 0.717) is 12.2 Å². The number of benzene rings is 2. The molecule has 4 aromatic rings. The first-order valence-electron chi connectivity index (χ1n) is 9.82. The van der Waals surface area contributed by atoms with Crippen LogP contribution in [-0.4, -0.2) is 29.0 Å². The Morgan fingerprint density at radius 1 is 0.935 bits per heavy atom. The van der Waals surface area contributed by atoms with Crippen molar-refractivity contribution < 1.29 is 19.1 Å². The van der Waals surface area contributed by atoms with Gasteiger partial charge in [0.05, 0.1) is 12.6 Å². The number of ether oxygens (including phenoxy) is 2. The lowest BCUT2D eigenvalue weighted by atomic mass is 10.0. The molecule has 0 atom stereocenters. The molecule has 6 heteroatoms. The molecule has 0 spiro atoms. The number of methoxy groups -OCH3 is 1. The lowest BCUT2D eigenvalue weighted by molar-refractivity contribution is -0.140. The molecular weight excluding hydrogens is 392 g/mol. The Morgan fingerprint density at radius 2 is 1.74 bits per heavy atom. The molecule has 0 saturated carbocycles. The standard InChI is InChI=1S/C25H20N2O4/c1-30-24(28)11-7-17-6-10-23(20(16-17)18-12-14-26-15-13-18)31-25(29)22-9-8-19-4-2-3-5-21(19)27-22/h2-6,8-10,12-16H,7,11H2,1H3. The van der Waals surface area contributed by atoms with Crippen molar-refractivity contribution in [1.29, 1.82) is 0 Å². The molecule has 31 heavy (non-hydrogen) atoms. The molecule has 0 N–H and O–H groups in total. The van der Waals surface area contributed by atoms with E-state index in [1.807, 2.05) is 54.6 Å². The summed E-state index contributed by atoms with van der Waals surface area (Å²) in [6.45, 7) is 0. The van der Waals surface area contributed by atoms with Crippen LogP contribution in [0.2, 0.25) is 0 Å². The van der Waals surface area contributed by atoms with Crippen molar-refractivity contribution in [3.63, 3.8) is 0 Å². The summed E-state index contributed by atoms with van der Waals surface area (Å²) >= 11 is 0. The summed E-state index contributed by atoms with van der Waals surface area (Å²) in [5.74, 6) is -0.403. The van der Waals surface area contributed by atoms with E-state index in [1.165, 1.54) is 7.11 Å². The van der Waals surface area contributed by atoms with Gasteiger partial charge in [0.2, 0.25) is 0 Å². The van der Waals surface area contributed by atoms with Gasteiger partial charge in [0.1, 0.15) is 11.4 Å². The minimum absolute atomic E-state index is 0.231. The van der Waals surface area contributed by atoms with Gasteiger partial charge in [0.25, 0.3) is 0 Å². The average molecular weight is 412 g/mol. The number of aryl methyl sites for hydroxylation is 1. The third-order valence-electron chi connectivity index (χ3n) is 4.89. The molecular formula is C25H20N2O4. The first kappa shape index (κ1) is 20.2. The fourth-order valence-corrected chi connectivity index (χ4v) is 3.26. The number of esters is 2. The third kappa shape index (κ3) is 4.75. The second-order valence-corrected chi connectivity index (χ2v) is 6.92. The average Bonchev–Trinajstić information content (AvgIpc) is 2.83. The molecule has 0 saturated heterocycles. The molecule has 0 aliphatic rings. The molecule has 2 heterocycles. The monoisotopic (exact) mass is 412 g/mol. The minimum Gasteiger partial charge on any atom is -0.469 e. The molecule has 6 nitrogen and oxygen atoms in total. The zero-order chi connectivity index (χ0) is 21.6. The third-order valence-corrected chi connectivity index (χ3v) is 4.89. The van der Waals surface area contributed by atoms with Crippen LogP contribution in [0, 0.1) is 0 Å². The van der Waals surface area contributed by atoms with E-state index < -0.39 is 5.97 Å². The molecule has 0 radical (unpaired) electrons. The molecule has 2 aromatic carbocycles. The van der Waals surface area contributed by atoms with Gasteiger partial charge in [-0.05, 0) is 53.9 Å². The van der Waals surface area contributed by atoms with Crippen molar-refractivity contribution in [2.75, 3.05) is 7.11 Å². The van der Waals surface area contributed by atoms with Gasteiger partial charge in [-0.1, -0.05) is 30.3 Å². The van der Waals surface area contributed by atoms with Crippen molar-refractivity contribution in [2.24, 2.45) is 0 Å². The van der Waals surface area contributed by atoms with Crippen LogP contribution in [0.5, 0.6) is 5.75 Å². The number of aromatic nitrogens is 2. The van der Waals surface area contributed by atoms with Gasteiger partial charge >= 0.3 is 11.9 Å². The van der Waals surface area contributed by atoms with Gasteiger partial charge < -0.3 is 9.47 Å². The molecule has 0 aliphatic heterocycles. The van der Waals surface area contributed by atoms with Crippen molar-refractivity contribution >= 4 is 22.8 Å². The number of hydrogen-bond donors (Lipinski definition) is 0. The number of carbonyl (C=O) groups excluding carboxylic acids is 2. The van der Waals surface area contributed by atoms with Gasteiger partial charge in [0.15, 0.2) is 0 Å². The minimum atomic E-state index is -0.539. The number of pyridine rings is 2. The molecule has 0 aliphatic carbocycles. The molecule has 0 unspecified atom stereocenters. The Balaban J connectivity index is 1.64. The maximum Gasteiger partial charge on any atom is 0.362 e. The van der Waals surface area contributed by atoms with Crippen LogP contribution in [0.3, 0.4) is 0 Å². The second kappa shape index (κ2) is 9.17. The highest BCUT2D eigenvalue weighted by Gasteiger charge is 2.16. The van der Waals surface area contributed by atoms with Gasteiger partial charge in [-0.3, -0.25) is 9.78 Å². The first-order chi connectivity index (χ1) is 15.1. The Hall–Kier alpha value is -4.06. The van der Waals surface area contributed by atoms with E-state index in [0.717, 1.165) is 27.6 Å². The summed E-state index contributed by atoms with van der Waals surface area (Å²) < 4.78 is 10.4. The number of rotatable bonds is 6. The number of fused-ring (bicyclic) bond motifs is 1. The fraction of sp³-hybridized carbons (Fsp3) is 0.120. The summed E-state index contributed by atoms with van der Waals surface area (Å²) in [6, 6.07) is 20.2. The van der Waals surface area contributed by atoms with E-state index >= 15 is 0 Å². The summed E-state index contributed by atoms with van der Waals surface area (Å²) in [5.41, 5.74) is 3.47. The van der Waals surface area contributed by atoms with Crippen LogP contribution in [0.25, 0.3) is 22.0 Å². The Bertz CT molecular complexity index is 1240. The number of hydrogen-bond acceptors (Lipinski definition) is 6. The largest absolute Gasteiger partial charge is 0.469 e. The maximum absolute atomic E-state index is 12.8. The SMILES string of the molecule is COC(=O)CCc1ccc(OC(=O)c2ccc3ccccc3n2)c(-c2ccncc2)c1. The Labute approximate surface area is 179 Å². The summed E-state index contributed by atoms with van der Waals surface area (Å²) in [4.78, 5) is 32.8. The van der Waals surface area contributed by atoms with Gasteiger partial charge in [-0.25, -0.2) is 9.78 Å². The second-order valence-electron chi connectivity index (χ2n) is 6.92. The van der Waals surface area contributed by atoms with E-state index in [1.54, 1.807) is 24.5 Å². The predicted molar refractivity (Wildman–Crippen MR) is 117 cm³/mol. The van der Waals surface area contributed by atoms with Crippen LogP contribution in [0.15, 0.2) is 79.1 Å².